The Morgan fingerprint density at radius 1 is 1.19 bits per heavy atom. The molecule has 0 saturated carbocycles. The number of phenols is 1. The molecule has 4 rings (SSSR count). The number of nitrogens with two attached hydrogens (primary N) is 1. The second kappa shape index (κ2) is 7.16. The number of ketones is 2. The van der Waals surface area contributed by atoms with E-state index >= 15 is 0 Å². The molecule has 5 N–H and O–H groups in total. The molecule has 0 bridgehead atoms. The van der Waals surface area contributed by atoms with Crippen LogP contribution in [0.25, 0.3) is 0 Å². The summed E-state index contributed by atoms with van der Waals surface area (Å²) in [5.41, 5.74) is 4.01. The van der Waals surface area contributed by atoms with E-state index in [1.807, 2.05) is 0 Å². The lowest BCUT2D eigenvalue weighted by atomic mass is 9.61. The predicted molar refractivity (Wildman–Crippen MR) is 109 cm³/mol. The summed E-state index contributed by atoms with van der Waals surface area (Å²) in [6.07, 6.45) is 0.114. The van der Waals surface area contributed by atoms with E-state index in [0.29, 0.717) is 0 Å². The summed E-state index contributed by atoms with van der Waals surface area (Å²) in [5, 5.41) is 43.4. The van der Waals surface area contributed by atoms with E-state index in [1.54, 1.807) is 19.0 Å². The minimum Gasteiger partial charge on any atom is -0.511 e. The van der Waals surface area contributed by atoms with Crippen LogP contribution >= 0.6 is 0 Å². The molecule has 1 aromatic rings. The van der Waals surface area contributed by atoms with Gasteiger partial charge in [-0.1, -0.05) is 0 Å². The normalized spacial score (nSPS) is 27.2. The van der Waals surface area contributed by atoms with Gasteiger partial charge in [0.2, 0.25) is 0 Å². The summed E-state index contributed by atoms with van der Waals surface area (Å²) < 4.78 is 0. The summed E-state index contributed by atoms with van der Waals surface area (Å²) >= 11 is 0. The van der Waals surface area contributed by atoms with Crippen molar-refractivity contribution in [2.75, 3.05) is 14.1 Å². The lowest BCUT2D eigenvalue weighted by Crippen LogP contribution is -2.53. The van der Waals surface area contributed by atoms with Gasteiger partial charge in [0.15, 0.2) is 11.6 Å². The van der Waals surface area contributed by atoms with E-state index in [9.17, 15) is 39.8 Å². The summed E-state index contributed by atoms with van der Waals surface area (Å²) in [5.74, 6) is -7.05. The van der Waals surface area contributed by atoms with Crippen molar-refractivity contribution in [2.45, 2.75) is 18.9 Å². The number of Topliss-reactive ketones (excluding diaryl/α,β-unsaturated/α-hetero) is 2. The number of aliphatic hydroxyl groups is 2. The largest absolute Gasteiger partial charge is 0.511 e. The van der Waals surface area contributed by atoms with Crippen LogP contribution in [0.4, 0.5) is 5.69 Å². The first-order valence-corrected chi connectivity index (χ1v) is 9.87. The van der Waals surface area contributed by atoms with Gasteiger partial charge in [0.05, 0.1) is 22.4 Å². The Morgan fingerprint density at radius 2 is 1.84 bits per heavy atom. The van der Waals surface area contributed by atoms with Crippen molar-refractivity contribution in [1.29, 1.82) is 0 Å². The molecule has 3 aliphatic carbocycles. The number of nitro benzene ring substituents is 1. The van der Waals surface area contributed by atoms with Crippen LogP contribution in [-0.4, -0.2) is 62.8 Å². The van der Waals surface area contributed by atoms with Crippen LogP contribution in [0.15, 0.2) is 34.8 Å². The Kier molecular flexibility index (Phi) is 4.81. The van der Waals surface area contributed by atoms with Crippen molar-refractivity contribution in [1.82, 2.24) is 4.90 Å². The van der Waals surface area contributed by atoms with Crippen molar-refractivity contribution in [3.63, 3.8) is 0 Å². The van der Waals surface area contributed by atoms with Gasteiger partial charge >= 0.3 is 0 Å². The number of allylic oxidation sites excluding steroid dienone is 2. The number of nitro groups is 1. The van der Waals surface area contributed by atoms with Gasteiger partial charge in [-0.25, -0.2) is 0 Å². The van der Waals surface area contributed by atoms with E-state index in [2.05, 4.69) is 0 Å². The lowest BCUT2D eigenvalue weighted by molar-refractivity contribution is -0.385. The van der Waals surface area contributed by atoms with Crippen LogP contribution in [0, 0.1) is 27.9 Å². The maximum absolute atomic E-state index is 13.3. The number of hydrogen-bond donors (Lipinski definition) is 4. The molecule has 0 aliphatic heterocycles. The monoisotopic (exact) mass is 443 g/mol. The maximum atomic E-state index is 13.3. The zero-order valence-electron chi connectivity index (χ0n) is 17.2. The van der Waals surface area contributed by atoms with Crippen LogP contribution in [0.3, 0.4) is 0 Å². The van der Waals surface area contributed by atoms with Gasteiger partial charge in [0.25, 0.3) is 11.6 Å². The van der Waals surface area contributed by atoms with E-state index in [0.717, 1.165) is 12.1 Å². The number of aromatic hydroxyl groups is 1. The van der Waals surface area contributed by atoms with Crippen molar-refractivity contribution < 1.29 is 34.6 Å². The molecule has 1 amide bonds. The fourth-order valence-electron chi connectivity index (χ4n) is 5.42. The molecule has 0 radical (unpaired) electrons. The molecule has 0 spiro atoms. The predicted octanol–water partition coefficient (Wildman–Crippen LogP) is 0.914. The number of primary amides is 1. The molecule has 0 fully saturated rings. The molecular weight excluding hydrogens is 422 g/mol. The first kappa shape index (κ1) is 21.5. The van der Waals surface area contributed by atoms with Gasteiger partial charge in [-0.3, -0.25) is 29.4 Å². The van der Waals surface area contributed by atoms with Crippen LogP contribution in [-0.2, 0) is 16.0 Å². The molecule has 0 saturated heterocycles. The number of likely N-dealkylation sites (N-methyl/N-ethyl adjacent to an activating group) is 1. The third-order valence-corrected chi connectivity index (χ3v) is 6.62. The van der Waals surface area contributed by atoms with Gasteiger partial charge in [-0.15, -0.1) is 0 Å². The topological polar surface area (TPSA) is 184 Å². The highest BCUT2D eigenvalue weighted by Crippen LogP contribution is 2.51. The first-order chi connectivity index (χ1) is 15.0. The summed E-state index contributed by atoms with van der Waals surface area (Å²) in [4.78, 5) is 50.6. The Bertz CT molecular complexity index is 1170. The Balaban J connectivity index is 1.93. The Morgan fingerprint density at radius 3 is 2.41 bits per heavy atom. The van der Waals surface area contributed by atoms with Crippen molar-refractivity contribution >= 4 is 23.2 Å². The second-order valence-electron chi connectivity index (χ2n) is 8.52. The number of fused-ring (bicyclic) bond motifs is 3. The smallest absolute Gasteiger partial charge is 0.273 e. The van der Waals surface area contributed by atoms with Gasteiger partial charge in [0.1, 0.15) is 22.8 Å². The number of amides is 1. The average Bonchev–Trinajstić information content (AvgIpc) is 2.66. The van der Waals surface area contributed by atoms with Gasteiger partial charge < -0.3 is 21.1 Å². The molecule has 11 heteroatoms. The molecule has 11 nitrogen and oxygen atoms in total. The van der Waals surface area contributed by atoms with E-state index in [-0.39, 0.29) is 35.2 Å². The number of benzene rings is 1. The molecular formula is C21H21N3O8. The molecule has 32 heavy (non-hydrogen) atoms. The van der Waals surface area contributed by atoms with Crippen LogP contribution in [0.2, 0.25) is 0 Å². The van der Waals surface area contributed by atoms with Crippen molar-refractivity contribution in [2.24, 2.45) is 23.5 Å². The lowest BCUT2D eigenvalue weighted by Gasteiger charge is -2.45. The molecule has 3 aliphatic rings. The number of rotatable bonds is 3. The highest BCUT2D eigenvalue weighted by Gasteiger charge is 2.54. The molecule has 168 valence electrons. The first-order valence-electron chi connectivity index (χ1n) is 9.87. The number of aliphatic hydroxyl groups excluding tert-OH is 2. The number of hydrogen-bond acceptors (Lipinski definition) is 9. The minimum atomic E-state index is -1.29. The van der Waals surface area contributed by atoms with Gasteiger partial charge in [-0.2, -0.15) is 0 Å². The number of carbonyl (C=O) groups is 3. The summed E-state index contributed by atoms with van der Waals surface area (Å²) in [6.45, 7) is 0. The standard InChI is InChI=1S/C21H21N3O8/c1-23(2)16-9-6-7-5-8-10(24(31)32)3-4-11(25)13(8)17(26)12(7)18(27)14(9)19(28)15(20(16)29)21(22)30/h3-4,7,9,14,16,25,27,29H,5-6H2,1-2H3,(H2,22,30)/t7?,9?,14?,16-/m0/s1. The zero-order valence-corrected chi connectivity index (χ0v) is 17.2. The van der Waals surface area contributed by atoms with Crippen molar-refractivity contribution in [3.05, 3.63) is 56.0 Å². The molecule has 0 heterocycles. The number of nitrogens with zero attached hydrogens (tertiary/aromatic N) is 2. The third-order valence-electron chi connectivity index (χ3n) is 6.62. The molecule has 4 atom stereocenters. The van der Waals surface area contributed by atoms with Crippen LogP contribution in [0.1, 0.15) is 22.3 Å². The van der Waals surface area contributed by atoms with E-state index in [4.69, 9.17) is 5.73 Å². The fraction of sp³-hybridized carbons (Fsp3) is 0.381. The van der Waals surface area contributed by atoms with E-state index < -0.39 is 69.0 Å². The Labute approximate surface area is 181 Å². The van der Waals surface area contributed by atoms with Crippen LogP contribution < -0.4 is 5.73 Å². The van der Waals surface area contributed by atoms with Gasteiger partial charge in [0, 0.05) is 17.2 Å². The quantitative estimate of drug-likeness (QED) is 0.299. The Hall–Kier alpha value is -3.73. The third kappa shape index (κ3) is 2.81. The van der Waals surface area contributed by atoms with E-state index in [1.165, 1.54) is 0 Å². The number of carbonyl (C=O) groups excluding carboxylic acids is 3. The summed E-state index contributed by atoms with van der Waals surface area (Å²) in [6, 6.07) is 1.31. The highest BCUT2D eigenvalue weighted by atomic mass is 16.6. The van der Waals surface area contributed by atoms with Crippen molar-refractivity contribution in [3.8, 4) is 5.75 Å². The fourth-order valence-corrected chi connectivity index (χ4v) is 5.42. The summed E-state index contributed by atoms with van der Waals surface area (Å²) in [7, 11) is 3.24. The zero-order chi connectivity index (χ0) is 23.6. The second-order valence-corrected chi connectivity index (χ2v) is 8.52. The SMILES string of the molecule is CN(C)[C@@H]1C(O)=C(C(N)=O)C(=O)C2C(O)=C3C(=O)c4c(O)ccc([N+](=O)[O-])c4CC3CC21. The molecule has 1 aromatic carbocycles. The minimum absolute atomic E-state index is 0.0180. The highest BCUT2D eigenvalue weighted by molar-refractivity contribution is 6.22. The molecule has 0 aromatic heterocycles. The average molecular weight is 443 g/mol. The van der Waals surface area contributed by atoms with Gasteiger partial charge in [-0.05, 0) is 44.8 Å². The maximum Gasteiger partial charge on any atom is 0.273 e. The number of phenolic OH excluding ortho intramolecular Hbond substituents is 1. The molecule has 3 unspecified atom stereocenters. The van der Waals surface area contributed by atoms with Crippen LogP contribution in [0.5, 0.6) is 5.75 Å².